The van der Waals surface area contributed by atoms with Crippen molar-refractivity contribution in [1.29, 1.82) is 0 Å². The van der Waals surface area contributed by atoms with E-state index >= 15 is 0 Å². The zero-order chi connectivity index (χ0) is 20.1. The van der Waals surface area contributed by atoms with Gasteiger partial charge in [-0.2, -0.15) is 0 Å². The molecule has 0 aliphatic carbocycles. The van der Waals surface area contributed by atoms with Crippen molar-refractivity contribution in [3.63, 3.8) is 0 Å². The molecule has 1 atom stereocenters. The second-order valence-corrected chi connectivity index (χ2v) is 7.97. The molecular weight excluding hydrogens is 386 g/mol. The number of rotatable bonds is 4. The molecule has 2 N–H and O–H groups in total. The first-order valence-electron chi connectivity index (χ1n) is 8.21. The first-order valence-corrected chi connectivity index (χ1v) is 9.70. The molecule has 28 heavy (non-hydrogen) atoms. The predicted molar refractivity (Wildman–Crippen MR) is 95.7 cm³/mol. The van der Waals surface area contributed by atoms with Gasteiger partial charge < -0.3 is 0 Å². The topological polar surface area (TPSA) is 130 Å². The van der Waals surface area contributed by atoms with Crippen molar-refractivity contribution >= 4 is 39.3 Å². The predicted octanol–water partition coefficient (Wildman–Crippen LogP) is 0.499. The van der Waals surface area contributed by atoms with E-state index in [1.807, 2.05) is 0 Å². The molecule has 0 radical (unpaired) electrons. The summed E-state index contributed by atoms with van der Waals surface area (Å²) in [5, 5.41) is 2.06. The summed E-state index contributed by atoms with van der Waals surface area (Å²) in [6, 6.07) is 10.4. The van der Waals surface area contributed by atoms with Crippen LogP contribution in [0.1, 0.15) is 27.1 Å². The number of nitrogens with one attached hydrogen (secondary N) is 2. The van der Waals surface area contributed by atoms with Gasteiger partial charge in [0.15, 0.2) is 0 Å². The minimum Gasteiger partial charge on any atom is -0.295 e. The number of hydrogen-bond donors (Lipinski definition) is 2. The van der Waals surface area contributed by atoms with E-state index in [2.05, 4.69) is 10.0 Å². The third kappa shape index (κ3) is 2.83. The van der Waals surface area contributed by atoms with Crippen LogP contribution in [0.2, 0.25) is 0 Å². The molecule has 4 amide bonds. The number of sulfonamides is 1. The monoisotopic (exact) mass is 399 g/mol. The number of imide groups is 2. The van der Waals surface area contributed by atoms with Crippen LogP contribution < -0.4 is 10.0 Å². The maximum absolute atomic E-state index is 12.7. The smallest absolute Gasteiger partial charge is 0.262 e. The molecule has 0 bridgehead atoms. The van der Waals surface area contributed by atoms with E-state index in [-0.39, 0.29) is 28.1 Å². The van der Waals surface area contributed by atoms with Crippen LogP contribution in [0.5, 0.6) is 0 Å². The number of carbonyl (C=O) groups excluding carboxylic acids is 4. The lowest BCUT2D eigenvalue weighted by Gasteiger charge is -2.18. The molecule has 142 valence electrons. The lowest BCUT2D eigenvalue weighted by Crippen LogP contribution is -2.44. The fraction of sp³-hybridized carbons (Fsp3) is 0.111. The molecule has 10 heteroatoms. The van der Waals surface area contributed by atoms with Crippen LogP contribution in [-0.4, -0.2) is 43.0 Å². The number of hydrogen-bond acceptors (Lipinski definition) is 6. The highest BCUT2D eigenvalue weighted by Crippen LogP contribution is 2.30. The third-order valence-electron chi connectivity index (χ3n) is 4.48. The highest BCUT2D eigenvalue weighted by Gasteiger charge is 2.46. The molecule has 2 aromatic rings. The van der Waals surface area contributed by atoms with E-state index in [1.54, 1.807) is 18.2 Å². The summed E-state index contributed by atoms with van der Waals surface area (Å²) in [7, 11) is -3.88. The van der Waals surface area contributed by atoms with Crippen LogP contribution in [0.4, 0.5) is 5.69 Å². The zero-order valence-corrected chi connectivity index (χ0v) is 15.0. The number of fused-ring (bicyclic) bond motifs is 1. The van der Waals surface area contributed by atoms with Crippen LogP contribution in [0.25, 0.3) is 0 Å². The van der Waals surface area contributed by atoms with Crippen LogP contribution in [0.3, 0.4) is 0 Å². The Hall–Kier alpha value is -3.53. The van der Waals surface area contributed by atoms with Gasteiger partial charge in [-0.1, -0.05) is 18.2 Å². The minimum absolute atomic E-state index is 0.0367. The normalized spacial score (nSPS) is 19.0. The molecule has 4 rings (SSSR count). The van der Waals surface area contributed by atoms with E-state index in [9.17, 15) is 27.6 Å². The second kappa shape index (κ2) is 6.27. The Morgan fingerprint density at radius 3 is 2.25 bits per heavy atom. The summed E-state index contributed by atoms with van der Waals surface area (Å²) in [6.07, 6.45) is -0.294. The van der Waals surface area contributed by atoms with Gasteiger partial charge in [0.25, 0.3) is 21.8 Å². The molecule has 1 saturated heterocycles. The van der Waals surface area contributed by atoms with E-state index in [1.165, 1.54) is 30.3 Å². The molecule has 2 heterocycles. The van der Waals surface area contributed by atoms with Gasteiger partial charge in [-0.25, -0.2) is 8.42 Å². The molecule has 0 spiro atoms. The van der Waals surface area contributed by atoms with Crippen LogP contribution >= 0.6 is 0 Å². The van der Waals surface area contributed by atoms with Crippen molar-refractivity contribution in [3.05, 3.63) is 59.7 Å². The van der Waals surface area contributed by atoms with E-state index in [4.69, 9.17) is 0 Å². The second-order valence-electron chi connectivity index (χ2n) is 6.29. The Kier molecular flexibility index (Phi) is 4.00. The molecule has 2 aliphatic rings. The fourth-order valence-corrected chi connectivity index (χ4v) is 4.24. The summed E-state index contributed by atoms with van der Waals surface area (Å²) >= 11 is 0. The van der Waals surface area contributed by atoms with Gasteiger partial charge in [0, 0.05) is 5.69 Å². The van der Waals surface area contributed by atoms with E-state index in [0.29, 0.717) is 0 Å². The van der Waals surface area contributed by atoms with Crippen molar-refractivity contribution in [2.75, 3.05) is 4.72 Å². The maximum atomic E-state index is 12.7. The average Bonchev–Trinajstić information content (AvgIpc) is 3.11. The zero-order valence-electron chi connectivity index (χ0n) is 14.2. The number of amides is 4. The highest BCUT2D eigenvalue weighted by molar-refractivity contribution is 7.92. The number of carbonyl (C=O) groups is 4. The van der Waals surface area contributed by atoms with Gasteiger partial charge in [-0.05, 0) is 30.3 Å². The number of benzene rings is 2. The van der Waals surface area contributed by atoms with Gasteiger partial charge in [0.1, 0.15) is 6.04 Å². The Labute approximate surface area is 159 Å². The van der Waals surface area contributed by atoms with Gasteiger partial charge in [-0.15, -0.1) is 0 Å². The van der Waals surface area contributed by atoms with Crippen molar-refractivity contribution < 1.29 is 27.6 Å². The van der Waals surface area contributed by atoms with Gasteiger partial charge in [0.2, 0.25) is 11.8 Å². The molecule has 0 saturated carbocycles. The highest BCUT2D eigenvalue weighted by atomic mass is 32.2. The lowest BCUT2D eigenvalue weighted by molar-refractivity contribution is -0.125. The molecule has 9 nitrogen and oxygen atoms in total. The first kappa shape index (κ1) is 17.9. The maximum Gasteiger partial charge on any atom is 0.262 e. The van der Waals surface area contributed by atoms with Crippen LogP contribution in [-0.2, 0) is 19.6 Å². The largest absolute Gasteiger partial charge is 0.295 e. The summed E-state index contributed by atoms with van der Waals surface area (Å²) in [5.41, 5.74) is 0.0998. The lowest BCUT2D eigenvalue weighted by atomic mass is 10.1. The van der Waals surface area contributed by atoms with Crippen molar-refractivity contribution in [1.82, 2.24) is 10.2 Å². The minimum atomic E-state index is -3.88. The van der Waals surface area contributed by atoms with Gasteiger partial charge >= 0.3 is 0 Å². The Morgan fingerprint density at radius 1 is 0.929 bits per heavy atom. The van der Waals surface area contributed by atoms with Crippen molar-refractivity contribution in [3.8, 4) is 0 Å². The molecule has 2 aromatic carbocycles. The number of anilines is 1. The SMILES string of the molecule is O=C1CC(N2C(=O)c3ccc(NS(=O)(=O)c4ccccc4)cc3C2=O)C(=O)N1. The van der Waals surface area contributed by atoms with Crippen LogP contribution in [0.15, 0.2) is 53.4 Å². The molecule has 2 aliphatic heterocycles. The van der Waals surface area contributed by atoms with Gasteiger partial charge in [0.05, 0.1) is 22.4 Å². The molecule has 1 unspecified atom stereocenters. The first-order chi connectivity index (χ1) is 13.3. The summed E-state index contributed by atoms with van der Waals surface area (Å²) in [4.78, 5) is 49.2. The van der Waals surface area contributed by atoms with Crippen molar-refractivity contribution in [2.24, 2.45) is 0 Å². The Bertz CT molecular complexity index is 1140. The number of nitrogens with zero attached hydrogens (tertiary/aromatic N) is 1. The van der Waals surface area contributed by atoms with Gasteiger partial charge in [-0.3, -0.25) is 34.1 Å². The molecular formula is C18H13N3O6S. The standard InChI is InChI=1S/C18H13N3O6S/c22-15-9-14(16(23)19-15)21-17(24)12-7-6-10(8-13(12)18(21)25)20-28(26,27)11-4-2-1-3-5-11/h1-8,14,20H,9H2,(H,19,22,23). The Balaban J connectivity index is 1.64. The third-order valence-corrected chi connectivity index (χ3v) is 5.88. The molecule has 0 aromatic heterocycles. The summed E-state index contributed by atoms with van der Waals surface area (Å²) in [6.45, 7) is 0. The Morgan fingerprint density at radius 2 is 1.61 bits per heavy atom. The fourth-order valence-electron chi connectivity index (χ4n) is 3.17. The van der Waals surface area contributed by atoms with Crippen LogP contribution in [0, 0.1) is 0 Å². The van der Waals surface area contributed by atoms with E-state index in [0.717, 1.165) is 4.90 Å². The average molecular weight is 399 g/mol. The molecule has 1 fully saturated rings. The summed E-state index contributed by atoms with van der Waals surface area (Å²) < 4.78 is 27.2. The quantitative estimate of drug-likeness (QED) is 0.720. The summed E-state index contributed by atoms with van der Waals surface area (Å²) in [5.74, 6) is -2.74. The van der Waals surface area contributed by atoms with Crippen molar-refractivity contribution in [2.45, 2.75) is 17.4 Å². The van der Waals surface area contributed by atoms with E-state index < -0.39 is 39.7 Å².